The van der Waals surface area contributed by atoms with Gasteiger partial charge in [0.25, 0.3) is 0 Å². The quantitative estimate of drug-likeness (QED) is 0.892. The molecule has 1 aromatic heterocycles. The molecule has 1 N–H and O–H groups in total. The first-order valence-electron chi connectivity index (χ1n) is 6.47. The Bertz CT molecular complexity index is 390. The lowest BCUT2D eigenvalue weighted by molar-refractivity contribution is -0.122. The molecule has 0 radical (unpaired) electrons. The zero-order valence-electron chi connectivity index (χ0n) is 9.89. The third-order valence-corrected chi connectivity index (χ3v) is 5.03. The Hall–Kier alpha value is -0.900. The molecule has 1 aromatic rings. The van der Waals surface area contributed by atoms with Crippen molar-refractivity contribution in [1.29, 1.82) is 0 Å². The molecule has 1 heterocycles. The molecule has 4 heteroatoms. The summed E-state index contributed by atoms with van der Waals surface area (Å²) >= 11 is 1.46. The van der Waals surface area contributed by atoms with Gasteiger partial charge < -0.3 is 5.32 Å². The predicted molar refractivity (Wildman–Crippen MR) is 67.5 cm³/mol. The van der Waals surface area contributed by atoms with Gasteiger partial charge in [0, 0.05) is 17.5 Å². The first-order valence-corrected chi connectivity index (χ1v) is 7.25. The summed E-state index contributed by atoms with van der Waals surface area (Å²) in [5, 5.41) is 3.00. The number of hydrogen-bond donors (Lipinski definition) is 1. The standard InChI is InChI=1S/C13H18N2OS/c16-13(14-8-12-3-4-15-17-12)7-11-6-9-1-2-10(11)5-9/h3-4,9-11H,1-2,5-8H2,(H,14,16). The smallest absolute Gasteiger partial charge is 0.220 e. The SMILES string of the molecule is O=C(CC1CC2CCC1C2)NCc1ccns1. The molecular weight excluding hydrogens is 232 g/mol. The maximum Gasteiger partial charge on any atom is 0.220 e. The van der Waals surface area contributed by atoms with Crippen molar-refractivity contribution in [2.45, 2.75) is 38.6 Å². The fourth-order valence-electron chi connectivity index (χ4n) is 3.46. The van der Waals surface area contributed by atoms with Crippen LogP contribution in [0.25, 0.3) is 0 Å². The van der Waals surface area contributed by atoms with Crippen LogP contribution in [0, 0.1) is 17.8 Å². The van der Waals surface area contributed by atoms with Gasteiger partial charge in [-0.2, -0.15) is 0 Å². The molecule has 0 spiro atoms. The summed E-state index contributed by atoms with van der Waals surface area (Å²) in [7, 11) is 0. The molecule has 2 saturated carbocycles. The van der Waals surface area contributed by atoms with Gasteiger partial charge in [-0.05, 0) is 54.6 Å². The molecule has 0 saturated heterocycles. The predicted octanol–water partition coefficient (Wildman–Crippen LogP) is 2.59. The van der Waals surface area contributed by atoms with Gasteiger partial charge in [0.05, 0.1) is 6.54 Å². The lowest BCUT2D eigenvalue weighted by Crippen LogP contribution is -2.26. The minimum absolute atomic E-state index is 0.218. The van der Waals surface area contributed by atoms with Crippen molar-refractivity contribution in [1.82, 2.24) is 9.69 Å². The van der Waals surface area contributed by atoms with Crippen LogP contribution >= 0.6 is 11.5 Å². The Balaban J connectivity index is 1.44. The van der Waals surface area contributed by atoms with Crippen molar-refractivity contribution < 1.29 is 4.79 Å². The Kier molecular flexibility index (Phi) is 3.14. The minimum atomic E-state index is 0.218. The fraction of sp³-hybridized carbons (Fsp3) is 0.692. The van der Waals surface area contributed by atoms with E-state index in [4.69, 9.17) is 0 Å². The number of carbonyl (C=O) groups is 1. The molecule has 3 unspecified atom stereocenters. The number of nitrogens with zero attached hydrogens (tertiary/aromatic N) is 1. The highest BCUT2D eigenvalue weighted by Gasteiger charge is 2.39. The molecular formula is C13H18N2OS. The molecule has 17 heavy (non-hydrogen) atoms. The van der Waals surface area contributed by atoms with Crippen LogP contribution in [0.1, 0.15) is 37.0 Å². The summed E-state index contributed by atoms with van der Waals surface area (Å²) < 4.78 is 4.02. The number of rotatable bonds is 4. The topological polar surface area (TPSA) is 42.0 Å². The van der Waals surface area contributed by atoms with Crippen LogP contribution in [0.4, 0.5) is 0 Å². The second-order valence-electron chi connectivity index (χ2n) is 5.39. The maximum absolute atomic E-state index is 11.8. The third kappa shape index (κ3) is 2.51. The highest BCUT2D eigenvalue weighted by molar-refractivity contribution is 7.05. The Morgan fingerprint density at radius 3 is 3.06 bits per heavy atom. The first-order chi connectivity index (χ1) is 8.31. The molecule has 0 aromatic carbocycles. The van der Waals surface area contributed by atoms with Crippen molar-refractivity contribution in [2.75, 3.05) is 0 Å². The van der Waals surface area contributed by atoms with E-state index in [1.165, 1.54) is 37.2 Å². The van der Waals surface area contributed by atoms with Crippen molar-refractivity contribution in [3.63, 3.8) is 0 Å². The van der Waals surface area contributed by atoms with E-state index in [2.05, 4.69) is 9.69 Å². The van der Waals surface area contributed by atoms with E-state index in [1.807, 2.05) is 6.07 Å². The molecule has 2 aliphatic rings. The van der Waals surface area contributed by atoms with Gasteiger partial charge in [0.2, 0.25) is 5.91 Å². The average molecular weight is 250 g/mol. The van der Waals surface area contributed by atoms with Gasteiger partial charge in [0.15, 0.2) is 0 Å². The van der Waals surface area contributed by atoms with Crippen molar-refractivity contribution in [2.24, 2.45) is 17.8 Å². The van der Waals surface area contributed by atoms with E-state index in [1.54, 1.807) is 6.20 Å². The van der Waals surface area contributed by atoms with E-state index >= 15 is 0 Å². The number of fused-ring (bicyclic) bond motifs is 2. The summed E-state index contributed by atoms with van der Waals surface area (Å²) in [5.41, 5.74) is 0. The highest BCUT2D eigenvalue weighted by atomic mass is 32.1. The molecule has 3 atom stereocenters. The van der Waals surface area contributed by atoms with Crippen LogP contribution in [0.15, 0.2) is 12.3 Å². The molecule has 3 rings (SSSR count). The van der Waals surface area contributed by atoms with Crippen LogP contribution in [0.2, 0.25) is 0 Å². The number of amides is 1. The van der Waals surface area contributed by atoms with Crippen molar-refractivity contribution >= 4 is 17.4 Å². The van der Waals surface area contributed by atoms with Crippen LogP contribution in [-0.4, -0.2) is 10.3 Å². The van der Waals surface area contributed by atoms with Gasteiger partial charge in [-0.25, -0.2) is 4.37 Å². The number of nitrogens with one attached hydrogen (secondary N) is 1. The number of hydrogen-bond acceptors (Lipinski definition) is 3. The molecule has 2 aliphatic carbocycles. The first kappa shape index (κ1) is 11.2. The summed E-state index contributed by atoms with van der Waals surface area (Å²) in [6, 6.07) is 1.96. The average Bonchev–Trinajstić information content (AvgIpc) is 3.03. The second-order valence-corrected chi connectivity index (χ2v) is 6.31. The molecule has 1 amide bonds. The zero-order valence-corrected chi connectivity index (χ0v) is 10.7. The summed E-state index contributed by atoms with van der Waals surface area (Å²) in [6.07, 6.45) is 7.95. The van der Waals surface area contributed by atoms with Crippen molar-refractivity contribution in [3.05, 3.63) is 17.1 Å². The molecule has 92 valence electrons. The van der Waals surface area contributed by atoms with Crippen LogP contribution < -0.4 is 5.32 Å². The Morgan fingerprint density at radius 2 is 2.41 bits per heavy atom. The molecule has 3 nitrogen and oxygen atoms in total. The lowest BCUT2D eigenvalue weighted by atomic mass is 9.86. The minimum Gasteiger partial charge on any atom is -0.351 e. The van der Waals surface area contributed by atoms with Gasteiger partial charge in [0.1, 0.15) is 0 Å². The molecule has 2 fully saturated rings. The molecule has 0 aliphatic heterocycles. The summed E-state index contributed by atoms with van der Waals surface area (Å²) in [5.74, 6) is 2.65. The summed E-state index contributed by atoms with van der Waals surface area (Å²) in [4.78, 5) is 13.0. The van der Waals surface area contributed by atoms with Gasteiger partial charge in [-0.1, -0.05) is 6.42 Å². The van der Waals surface area contributed by atoms with E-state index in [0.717, 1.165) is 23.1 Å². The summed E-state index contributed by atoms with van der Waals surface area (Å²) in [6.45, 7) is 0.643. The largest absolute Gasteiger partial charge is 0.351 e. The fourth-order valence-corrected chi connectivity index (χ4v) is 3.97. The number of carbonyl (C=O) groups excluding carboxylic acids is 1. The Labute approximate surface area is 106 Å². The third-order valence-electron chi connectivity index (χ3n) is 4.28. The van der Waals surface area contributed by atoms with E-state index in [-0.39, 0.29) is 5.91 Å². The number of aromatic nitrogens is 1. The normalized spacial score (nSPS) is 30.7. The molecule has 2 bridgehead atoms. The zero-order chi connectivity index (χ0) is 11.7. The van der Waals surface area contributed by atoms with E-state index in [9.17, 15) is 4.79 Å². The van der Waals surface area contributed by atoms with Crippen LogP contribution in [0.5, 0.6) is 0 Å². The van der Waals surface area contributed by atoms with Gasteiger partial charge in [-0.15, -0.1) is 0 Å². The van der Waals surface area contributed by atoms with E-state index in [0.29, 0.717) is 12.5 Å². The van der Waals surface area contributed by atoms with E-state index < -0.39 is 0 Å². The van der Waals surface area contributed by atoms with Gasteiger partial charge >= 0.3 is 0 Å². The highest BCUT2D eigenvalue weighted by Crippen LogP contribution is 2.49. The lowest BCUT2D eigenvalue weighted by Gasteiger charge is -2.20. The monoisotopic (exact) mass is 250 g/mol. The Morgan fingerprint density at radius 1 is 1.47 bits per heavy atom. The van der Waals surface area contributed by atoms with Crippen LogP contribution in [0.3, 0.4) is 0 Å². The second kappa shape index (κ2) is 4.77. The van der Waals surface area contributed by atoms with Crippen molar-refractivity contribution in [3.8, 4) is 0 Å². The van der Waals surface area contributed by atoms with Crippen LogP contribution in [-0.2, 0) is 11.3 Å². The maximum atomic E-state index is 11.8. The van der Waals surface area contributed by atoms with Gasteiger partial charge in [-0.3, -0.25) is 4.79 Å².